The van der Waals surface area contributed by atoms with Crippen LogP contribution in [-0.2, 0) is 6.18 Å². The highest BCUT2D eigenvalue weighted by atomic mass is 19.4. The third kappa shape index (κ3) is 2.21. The van der Waals surface area contributed by atoms with E-state index in [1.165, 1.54) is 18.2 Å². The molecule has 0 aliphatic carbocycles. The zero-order chi connectivity index (χ0) is 9.90. The Bertz CT molecular complexity index is 317. The van der Waals surface area contributed by atoms with Crippen LogP contribution in [0.4, 0.5) is 13.2 Å². The highest BCUT2D eigenvalue weighted by Crippen LogP contribution is 2.30. The van der Waals surface area contributed by atoms with Crippen molar-refractivity contribution < 1.29 is 13.2 Å². The predicted octanol–water partition coefficient (Wildman–Crippen LogP) is 2.00. The van der Waals surface area contributed by atoms with E-state index < -0.39 is 11.7 Å². The van der Waals surface area contributed by atoms with Gasteiger partial charge in [-0.3, -0.25) is 0 Å². The lowest BCUT2D eigenvalue weighted by atomic mass is 10.1. The van der Waals surface area contributed by atoms with E-state index >= 15 is 0 Å². The van der Waals surface area contributed by atoms with Gasteiger partial charge in [0, 0.05) is 5.56 Å². The quantitative estimate of drug-likeness (QED) is 0.408. The zero-order valence-electron chi connectivity index (χ0n) is 6.55. The van der Waals surface area contributed by atoms with Gasteiger partial charge in [0.2, 0.25) is 0 Å². The number of halogens is 3. The molecule has 1 rings (SSSR count). The Morgan fingerprint density at radius 1 is 1.23 bits per heavy atom. The number of nitrogens with two attached hydrogens (primary N) is 1. The Morgan fingerprint density at radius 2 is 1.85 bits per heavy atom. The van der Waals surface area contributed by atoms with Crippen LogP contribution in [0.2, 0.25) is 0 Å². The number of rotatable bonds is 1. The molecule has 70 valence electrons. The van der Waals surface area contributed by atoms with Gasteiger partial charge in [0.05, 0.1) is 11.8 Å². The molecule has 1 aromatic carbocycles. The SMILES string of the molecule is N/N=C/c1ccccc1C(F)(F)F. The van der Waals surface area contributed by atoms with Gasteiger partial charge in [-0.15, -0.1) is 0 Å². The van der Waals surface area contributed by atoms with Crippen LogP contribution in [0, 0.1) is 0 Å². The molecule has 0 atom stereocenters. The zero-order valence-corrected chi connectivity index (χ0v) is 6.55. The molecule has 0 radical (unpaired) electrons. The molecule has 0 saturated heterocycles. The van der Waals surface area contributed by atoms with Crippen LogP contribution in [0.25, 0.3) is 0 Å². The summed E-state index contributed by atoms with van der Waals surface area (Å²) >= 11 is 0. The van der Waals surface area contributed by atoms with Crippen molar-refractivity contribution in [2.75, 3.05) is 0 Å². The molecule has 0 bridgehead atoms. The van der Waals surface area contributed by atoms with Crippen molar-refractivity contribution in [2.24, 2.45) is 10.9 Å². The molecular formula is C8H7F3N2. The van der Waals surface area contributed by atoms with Crippen molar-refractivity contribution in [1.82, 2.24) is 0 Å². The molecule has 0 spiro atoms. The monoisotopic (exact) mass is 188 g/mol. The Morgan fingerprint density at radius 3 is 2.38 bits per heavy atom. The molecule has 13 heavy (non-hydrogen) atoms. The summed E-state index contributed by atoms with van der Waals surface area (Å²) < 4.78 is 36.8. The summed E-state index contributed by atoms with van der Waals surface area (Å²) in [4.78, 5) is 0. The van der Waals surface area contributed by atoms with E-state index in [0.717, 1.165) is 12.3 Å². The van der Waals surface area contributed by atoms with Crippen LogP contribution in [0.1, 0.15) is 11.1 Å². The first-order valence-electron chi connectivity index (χ1n) is 3.45. The average Bonchev–Trinajstić information content (AvgIpc) is 2.04. The number of hydrogen-bond acceptors (Lipinski definition) is 2. The van der Waals surface area contributed by atoms with Crippen LogP contribution in [0.3, 0.4) is 0 Å². The lowest BCUT2D eigenvalue weighted by Gasteiger charge is -2.08. The summed E-state index contributed by atoms with van der Waals surface area (Å²) in [5, 5.41) is 3.06. The minimum absolute atomic E-state index is 0.0301. The largest absolute Gasteiger partial charge is 0.417 e. The van der Waals surface area contributed by atoms with Crippen LogP contribution < -0.4 is 5.84 Å². The van der Waals surface area contributed by atoms with Crippen molar-refractivity contribution in [1.29, 1.82) is 0 Å². The number of hydrogen-bond donors (Lipinski definition) is 1. The van der Waals surface area contributed by atoms with Gasteiger partial charge < -0.3 is 5.84 Å². The fourth-order valence-electron chi connectivity index (χ4n) is 0.948. The topological polar surface area (TPSA) is 38.4 Å². The molecule has 0 amide bonds. The van der Waals surface area contributed by atoms with Crippen molar-refractivity contribution >= 4 is 6.21 Å². The first-order chi connectivity index (χ1) is 6.05. The highest BCUT2D eigenvalue weighted by Gasteiger charge is 2.32. The summed E-state index contributed by atoms with van der Waals surface area (Å²) in [6.07, 6.45) is -3.39. The summed E-state index contributed by atoms with van der Waals surface area (Å²) in [5.74, 6) is 4.77. The minimum Gasteiger partial charge on any atom is -0.323 e. The molecule has 1 aromatic rings. The van der Waals surface area contributed by atoms with E-state index in [2.05, 4.69) is 5.10 Å². The van der Waals surface area contributed by atoms with Gasteiger partial charge in [-0.2, -0.15) is 18.3 Å². The molecule has 5 heteroatoms. The Balaban J connectivity index is 3.20. The third-order valence-electron chi connectivity index (χ3n) is 1.48. The van der Waals surface area contributed by atoms with Gasteiger partial charge in [-0.25, -0.2) is 0 Å². The van der Waals surface area contributed by atoms with Crippen molar-refractivity contribution in [3.8, 4) is 0 Å². The van der Waals surface area contributed by atoms with Crippen LogP contribution >= 0.6 is 0 Å². The summed E-state index contributed by atoms with van der Waals surface area (Å²) in [5.41, 5.74) is -0.762. The van der Waals surface area contributed by atoms with E-state index in [1.54, 1.807) is 0 Å². The van der Waals surface area contributed by atoms with Gasteiger partial charge in [-0.1, -0.05) is 18.2 Å². The normalized spacial score (nSPS) is 12.2. The third-order valence-corrected chi connectivity index (χ3v) is 1.48. The predicted molar refractivity (Wildman–Crippen MR) is 43.2 cm³/mol. The summed E-state index contributed by atoms with van der Waals surface area (Å²) in [6.45, 7) is 0. The fraction of sp³-hybridized carbons (Fsp3) is 0.125. The highest BCUT2D eigenvalue weighted by molar-refractivity contribution is 5.81. The molecule has 0 aromatic heterocycles. The molecule has 2 N–H and O–H groups in total. The molecule has 0 unspecified atom stereocenters. The summed E-state index contributed by atoms with van der Waals surface area (Å²) in [7, 11) is 0. The van der Waals surface area contributed by atoms with Crippen molar-refractivity contribution in [3.05, 3.63) is 35.4 Å². The lowest BCUT2D eigenvalue weighted by Crippen LogP contribution is -2.08. The second kappa shape index (κ2) is 3.47. The molecule has 2 nitrogen and oxygen atoms in total. The number of hydrazone groups is 1. The van der Waals surface area contributed by atoms with Crippen LogP contribution in [-0.4, -0.2) is 6.21 Å². The summed E-state index contributed by atoms with van der Waals surface area (Å²) in [6, 6.07) is 5.10. The number of benzene rings is 1. The van der Waals surface area contributed by atoms with Crippen LogP contribution in [0.5, 0.6) is 0 Å². The van der Waals surface area contributed by atoms with E-state index in [9.17, 15) is 13.2 Å². The number of alkyl halides is 3. The average molecular weight is 188 g/mol. The molecule has 0 aliphatic rings. The smallest absolute Gasteiger partial charge is 0.323 e. The van der Waals surface area contributed by atoms with Crippen molar-refractivity contribution in [2.45, 2.75) is 6.18 Å². The maximum Gasteiger partial charge on any atom is 0.417 e. The Labute approximate surface area is 72.9 Å². The first-order valence-corrected chi connectivity index (χ1v) is 3.45. The fourth-order valence-corrected chi connectivity index (χ4v) is 0.948. The van der Waals surface area contributed by atoms with E-state index in [4.69, 9.17) is 5.84 Å². The molecular weight excluding hydrogens is 181 g/mol. The Hall–Kier alpha value is -1.52. The van der Waals surface area contributed by atoms with Gasteiger partial charge >= 0.3 is 6.18 Å². The van der Waals surface area contributed by atoms with E-state index in [-0.39, 0.29) is 5.56 Å². The molecule has 0 aliphatic heterocycles. The molecule has 0 fully saturated rings. The van der Waals surface area contributed by atoms with Crippen molar-refractivity contribution in [3.63, 3.8) is 0 Å². The maximum atomic E-state index is 12.3. The second-order valence-corrected chi connectivity index (χ2v) is 2.36. The maximum absolute atomic E-state index is 12.3. The first kappa shape index (κ1) is 9.57. The Kier molecular flexibility index (Phi) is 2.55. The number of nitrogens with zero attached hydrogens (tertiary/aromatic N) is 1. The lowest BCUT2D eigenvalue weighted by molar-refractivity contribution is -0.137. The van der Waals surface area contributed by atoms with E-state index in [0.29, 0.717) is 0 Å². The second-order valence-electron chi connectivity index (χ2n) is 2.36. The van der Waals surface area contributed by atoms with Gasteiger partial charge in [-0.05, 0) is 6.07 Å². The van der Waals surface area contributed by atoms with Gasteiger partial charge in [0.1, 0.15) is 0 Å². The van der Waals surface area contributed by atoms with Gasteiger partial charge in [0.15, 0.2) is 0 Å². The van der Waals surface area contributed by atoms with E-state index in [1.807, 2.05) is 0 Å². The van der Waals surface area contributed by atoms with Gasteiger partial charge in [0.25, 0.3) is 0 Å². The minimum atomic E-state index is -4.36. The standard InChI is InChI=1S/C8H7F3N2/c9-8(10,11)7-4-2-1-3-6(7)5-13-12/h1-5H,12H2/b13-5+. The van der Waals surface area contributed by atoms with Crippen LogP contribution in [0.15, 0.2) is 29.4 Å². The molecule has 0 heterocycles. The molecule has 0 saturated carbocycles.